The molecule has 0 bridgehead atoms. The summed E-state index contributed by atoms with van der Waals surface area (Å²) in [6, 6.07) is 13.0. The Hall–Kier alpha value is -2.65. The van der Waals surface area contributed by atoms with Gasteiger partial charge in [-0.15, -0.1) is 0 Å². The van der Waals surface area contributed by atoms with E-state index in [1.54, 1.807) is 6.07 Å². The smallest absolute Gasteiger partial charge is 0.204 e. The molecular weight excluding hydrogens is 465 g/mol. The Morgan fingerprint density at radius 3 is 2.74 bits per heavy atom. The average Bonchev–Trinajstić information content (AvgIpc) is 3.08. The number of hydrogen-bond donors (Lipinski definition) is 2. The van der Waals surface area contributed by atoms with E-state index in [2.05, 4.69) is 36.0 Å². The fourth-order valence-electron chi connectivity index (χ4n) is 3.97. The van der Waals surface area contributed by atoms with Crippen molar-refractivity contribution in [3.63, 3.8) is 0 Å². The predicted octanol–water partition coefficient (Wildman–Crippen LogP) is 2.80. The van der Waals surface area contributed by atoms with Crippen LogP contribution in [0.4, 0.5) is 15.1 Å². The molecule has 1 amide bonds. The Labute approximate surface area is 188 Å². The van der Waals surface area contributed by atoms with E-state index in [-0.39, 0.29) is 11.9 Å². The number of carbonyl (C=O) groups excluding carboxylic acids is 1. The number of amides is 1. The van der Waals surface area contributed by atoms with Gasteiger partial charge in [0, 0.05) is 36.7 Å². The van der Waals surface area contributed by atoms with Crippen LogP contribution >= 0.6 is 15.9 Å². The van der Waals surface area contributed by atoms with Gasteiger partial charge in [-0.1, -0.05) is 34.1 Å². The van der Waals surface area contributed by atoms with Crippen molar-refractivity contribution in [2.24, 2.45) is 0 Å². The lowest BCUT2D eigenvalue weighted by Crippen LogP contribution is -2.45. The largest absolute Gasteiger partial charge is 0.530 e. The monoisotopic (exact) mass is 488 g/mol. The molecule has 0 radical (unpaired) electrons. The number of nitrogens with one attached hydrogen (secondary N) is 2. The summed E-state index contributed by atoms with van der Waals surface area (Å²) in [5.41, 5.74) is 2.91. The number of piperidine rings is 1. The molecular formula is C22H24BrFN5O2-. The molecule has 4 rings (SSSR count). The summed E-state index contributed by atoms with van der Waals surface area (Å²) in [5.74, 6) is 0.528. The van der Waals surface area contributed by atoms with E-state index in [4.69, 9.17) is 4.98 Å². The summed E-state index contributed by atoms with van der Waals surface area (Å²) in [4.78, 5) is 17.5. The fraction of sp³-hybridized carbons (Fsp3) is 0.364. The Morgan fingerprint density at radius 1 is 1.23 bits per heavy atom. The van der Waals surface area contributed by atoms with Crippen LogP contribution in [0.2, 0.25) is 0 Å². The third-order valence-corrected chi connectivity index (χ3v) is 6.35. The number of likely N-dealkylation sites (tertiary alicyclic amines) is 1. The van der Waals surface area contributed by atoms with Crippen LogP contribution < -0.4 is 15.7 Å². The van der Waals surface area contributed by atoms with E-state index >= 15 is 0 Å². The van der Waals surface area contributed by atoms with Gasteiger partial charge in [-0.05, 0) is 42.7 Å². The van der Waals surface area contributed by atoms with Gasteiger partial charge in [0.15, 0.2) is 0 Å². The highest BCUT2D eigenvalue weighted by molar-refractivity contribution is 9.10. The van der Waals surface area contributed by atoms with Gasteiger partial charge in [0.05, 0.1) is 17.6 Å². The van der Waals surface area contributed by atoms with E-state index in [0.29, 0.717) is 19.6 Å². The maximum absolute atomic E-state index is 13.5. The molecule has 2 aromatic carbocycles. The number of benzene rings is 2. The molecule has 2 heterocycles. The molecule has 0 unspecified atom stereocenters. The molecule has 1 saturated heterocycles. The number of para-hydroxylation sites is 2. The van der Waals surface area contributed by atoms with Crippen LogP contribution in [0.25, 0.3) is 11.0 Å². The predicted molar refractivity (Wildman–Crippen MR) is 119 cm³/mol. The van der Waals surface area contributed by atoms with Crippen LogP contribution in [0.3, 0.4) is 0 Å². The van der Waals surface area contributed by atoms with Gasteiger partial charge in [0.2, 0.25) is 5.95 Å². The Morgan fingerprint density at radius 2 is 2.00 bits per heavy atom. The maximum atomic E-state index is 13.5. The van der Waals surface area contributed by atoms with E-state index < -0.39 is 6.09 Å². The summed E-state index contributed by atoms with van der Waals surface area (Å²) in [7, 11) is 0. The number of nitrogens with zero attached hydrogens (tertiary/aromatic N) is 3. The first-order chi connectivity index (χ1) is 15.0. The van der Waals surface area contributed by atoms with Crippen molar-refractivity contribution < 1.29 is 14.3 Å². The van der Waals surface area contributed by atoms with Gasteiger partial charge < -0.3 is 30.0 Å². The second kappa shape index (κ2) is 9.65. The van der Waals surface area contributed by atoms with E-state index in [0.717, 1.165) is 52.9 Å². The molecule has 0 spiro atoms. The maximum Gasteiger partial charge on any atom is 0.204 e. The molecule has 7 nitrogen and oxygen atoms in total. The second-order valence-corrected chi connectivity index (χ2v) is 8.57. The van der Waals surface area contributed by atoms with Gasteiger partial charge in [0.1, 0.15) is 11.9 Å². The van der Waals surface area contributed by atoms with Crippen LogP contribution in [0.5, 0.6) is 0 Å². The Kier molecular flexibility index (Phi) is 6.72. The van der Waals surface area contributed by atoms with Crippen LogP contribution in [-0.4, -0.2) is 52.8 Å². The first-order valence-electron chi connectivity index (χ1n) is 10.3. The molecule has 3 aromatic rings. The second-order valence-electron chi connectivity index (χ2n) is 7.72. The number of aromatic nitrogens is 2. The number of fused-ring (bicyclic) bond motifs is 1. The minimum atomic E-state index is -1.23. The number of rotatable bonds is 7. The van der Waals surface area contributed by atoms with Crippen molar-refractivity contribution in [3.8, 4) is 0 Å². The summed E-state index contributed by atoms with van der Waals surface area (Å²) in [6.45, 7) is 3.39. The van der Waals surface area contributed by atoms with Crippen molar-refractivity contribution in [2.75, 3.05) is 31.5 Å². The topological polar surface area (TPSA) is 85.2 Å². The van der Waals surface area contributed by atoms with Crippen LogP contribution in [0, 0.1) is 5.82 Å². The molecule has 164 valence electrons. The van der Waals surface area contributed by atoms with Crippen LogP contribution in [0.1, 0.15) is 18.4 Å². The molecule has 9 heteroatoms. The van der Waals surface area contributed by atoms with Crippen molar-refractivity contribution in [2.45, 2.75) is 25.4 Å². The average molecular weight is 489 g/mol. The molecule has 1 aliphatic rings. The summed E-state index contributed by atoms with van der Waals surface area (Å²) < 4.78 is 16.4. The number of anilines is 1. The van der Waals surface area contributed by atoms with Crippen LogP contribution in [0.15, 0.2) is 46.9 Å². The van der Waals surface area contributed by atoms with Crippen molar-refractivity contribution in [3.05, 3.63) is 58.3 Å². The molecule has 2 N–H and O–H groups in total. The molecule has 0 aliphatic carbocycles. The standard InChI is InChI=1S/C22H25BrFN5O2/c23-18-13-16(24)6-5-15(18)14-29-20-4-2-1-3-19(20)27-21(29)26-17-7-10-28(11-8-17)12-9-25-22(30)31/h1-6,13,17,25H,7-12,14H2,(H,26,27)(H,30,31)/p-1. The molecule has 31 heavy (non-hydrogen) atoms. The minimum Gasteiger partial charge on any atom is -0.530 e. The number of carbonyl (C=O) groups is 1. The molecule has 1 aromatic heterocycles. The summed E-state index contributed by atoms with van der Waals surface area (Å²) >= 11 is 3.47. The Bertz CT molecular complexity index is 1070. The molecule has 1 aliphatic heterocycles. The summed E-state index contributed by atoms with van der Waals surface area (Å²) in [6.07, 6.45) is 0.645. The highest BCUT2D eigenvalue weighted by Gasteiger charge is 2.21. The minimum absolute atomic E-state index is 0.272. The van der Waals surface area contributed by atoms with Gasteiger partial charge in [-0.3, -0.25) is 0 Å². The number of hydrogen-bond acceptors (Lipinski definition) is 5. The van der Waals surface area contributed by atoms with Gasteiger partial charge in [-0.2, -0.15) is 0 Å². The SMILES string of the molecule is O=C([O-])NCCN1CCC(Nc2nc3ccccc3n2Cc2ccc(F)cc2Br)CC1. The first kappa shape index (κ1) is 21.6. The van der Waals surface area contributed by atoms with Crippen molar-refractivity contribution in [1.82, 2.24) is 19.8 Å². The third-order valence-electron chi connectivity index (χ3n) is 5.62. The quantitative estimate of drug-likeness (QED) is 0.534. The lowest BCUT2D eigenvalue weighted by Gasteiger charge is -2.32. The van der Waals surface area contributed by atoms with E-state index in [9.17, 15) is 14.3 Å². The lowest BCUT2D eigenvalue weighted by atomic mass is 10.1. The van der Waals surface area contributed by atoms with Gasteiger partial charge >= 0.3 is 0 Å². The zero-order valence-corrected chi connectivity index (χ0v) is 18.6. The first-order valence-corrected chi connectivity index (χ1v) is 11.1. The highest BCUT2D eigenvalue weighted by Crippen LogP contribution is 2.26. The summed E-state index contributed by atoms with van der Waals surface area (Å²) in [5, 5.41) is 16.4. The van der Waals surface area contributed by atoms with E-state index in [1.807, 2.05) is 24.3 Å². The van der Waals surface area contributed by atoms with Gasteiger partial charge in [0.25, 0.3) is 0 Å². The fourth-order valence-corrected chi connectivity index (χ4v) is 4.44. The molecule has 0 saturated carbocycles. The van der Waals surface area contributed by atoms with Gasteiger partial charge in [-0.25, -0.2) is 9.37 Å². The highest BCUT2D eigenvalue weighted by atomic mass is 79.9. The Balaban J connectivity index is 1.47. The van der Waals surface area contributed by atoms with Crippen molar-refractivity contribution >= 4 is 39.0 Å². The zero-order valence-electron chi connectivity index (χ0n) is 17.0. The normalized spacial score (nSPS) is 15.3. The van der Waals surface area contributed by atoms with Crippen molar-refractivity contribution in [1.29, 1.82) is 0 Å². The molecule has 0 atom stereocenters. The lowest BCUT2D eigenvalue weighted by molar-refractivity contribution is -0.250. The zero-order chi connectivity index (χ0) is 21.8. The number of carboxylic acid groups (broad SMARTS) is 1. The number of imidazole rings is 1. The third kappa shape index (κ3) is 5.34. The van der Waals surface area contributed by atoms with E-state index in [1.165, 1.54) is 12.1 Å². The van der Waals surface area contributed by atoms with Crippen LogP contribution in [-0.2, 0) is 6.54 Å². The number of halogens is 2. The molecule has 1 fully saturated rings.